The first kappa shape index (κ1) is 60.4. The van der Waals surface area contributed by atoms with Crippen molar-refractivity contribution in [1.82, 2.24) is 0 Å². The SMILES string of the molecule is CC(C)(C)c1cc(-c2ccccc2N2c3ccc(N(c4ccccc4)c4ccccc4)cc3B3c4cc(N(c5ccccc5)c5ccccc5)ccc4N(c4ccccc4-c4cc(C(C)(C)C)cc(C(C)(C)C)c4)c4c3c2cc2c4sc3ccccc32)cc(C(C)(C)C)c1. The molecular formula is C88H81BN4S. The third kappa shape index (κ3) is 10.7. The van der Waals surface area contributed by atoms with Gasteiger partial charge in [0.1, 0.15) is 0 Å². The highest BCUT2D eigenvalue weighted by Crippen LogP contribution is 2.55. The zero-order valence-electron chi connectivity index (χ0n) is 56.3. The van der Waals surface area contributed by atoms with Crippen molar-refractivity contribution in [2.45, 2.75) is 105 Å². The molecule has 0 N–H and O–H groups in total. The van der Waals surface area contributed by atoms with E-state index in [0.717, 1.165) is 56.9 Å². The molecule has 0 radical (unpaired) electrons. The van der Waals surface area contributed by atoms with Crippen molar-refractivity contribution in [3.63, 3.8) is 0 Å². The molecule has 94 heavy (non-hydrogen) atoms. The standard InChI is InChI=1S/C88H81BN4S/c1-85(2,3)60-49-58(50-61(53-60)86(4,5)6)70-39-25-28-42-76(70)92-78-47-45-68(90(64-31-17-13-18-32-64)65-33-19-14-20-34-65)55-74(78)89-75-56-69(91(66-35-21-15-22-36-66)67-37-23-16-24-38-67)46-48-79(75)93(83-82(89)80(92)57-73-72-41-27-30-44-81(72)94-84(73)83)77-43-29-26-40-71(77)59-51-62(87(7,8)9)54-63(52-59)88(10,11)12/h13-57H,1-12H3. The molecule has 0 spiro atoms. The predicted octanol–water partition coefficient (Wildman–Crippen LogP) is 23.6. The minimum atomic E-state index is -0.258. The van der Waals surface area contributed by atoms with Crippen LogP contribution in [0.5, 0.6) is 0 Å². The highest BCUT2D eigenvalue weighted by atomic mass is 32.1. The lowest BCUT2D eigenvalue weighted by Crippen LogP contribution is -2.61. The summed E-state index contributed by atoms with van der Waals surface area (Å²) in [6.07, 6.45) is 0. The van der Waals surface area contributed by atoms with Gasteiger partial charge in [-0.1, -0.05) is 247 Å². The van der Waals surface area contributed by atoms with Crippen molar-refractivity contribution in [1.29, 1.82) is 0 Å². The van der Waals surface area contributed by atoms with E-state index in [0.29, 0.717) is 0 Å². The Labute approximate surface area is 561 Å². The zero-order valence-corrected chi connectivity index (χ0v) is 57.1. The summed E-state index contributed by atoms with van der Waals surface area (Å²) in [5.74, 6) is 0. The summed E-state index contributed by atoms with van der Waals surface area (Å²) in [7, 11) is 0. The Balaban J connectivity index is 1.11. The molecule has 6 heteroatoms. The van der Waals surface area contributed by atoms with E-state index in [4.69, 9.17) is 0 Å². The van der Waals surface area contributed by atoms with Gasteiger partial charge in [-0.05, 0) is 181 Å². The third-order valence-corrected chi connectivity index (χ3v) is 20.5. The number of fused-ring (bicyclic) bond motifs is 8. The Morgan fingerprint density at radius 1 is 0.298 bits per heavy atom. The van der Waals surface area contributed by atoms with Crippen LogP contribution in [0.25, 0.3) is 42.4 Å². The summed E-state index contributed by atoms with van der Waals surface area (Å²) in [5, 5.41) is 2.50. The molecular weight excluding hydrogens is 1160 g/mol. The second kappa shape index (κ2) is 23.0. The molecule has 2 aliphatic heterocycles. The monoisotopic (exact) mass is 1240 g/mol. The number of anilines is 12. The molecule has 1 aromatic heterocycles. The van der Waals surface area contributed by atoms with Gasteiger partial charge in [0.05, 0.1) is 21.8 Å². The molecule has 0 saturated heterocycles. The highest BCUT2D eigenvalue weighted by Gasteiger charge is 2.46. The number of benzene rings is 12. The number of hydrogen-bond donors (Lipinski definition) is 0. The molecule has 0 aliphatic carbocycles. The van der Waals surface area contributed by atoms with E-state index in [9.17, 15) is 0 Å². The van der Waals surface area contributed by atoms with Crippen LogP contribution in [0, 0.1) is 0 Å². The highest BCUT2D eigenvalue weighted by molar-refractivity contribution is 7.26. The molecule has 0 saturated carbocycles. The van der Waals surface area contributed by atoms with Crippen molar-refractivity contribution in [3.8, 4) is 22.3 Å². The van der Waals surface area contributed by atoms with Gasteiger partial charge < -0.3 is 19.6 Å². The lowest BCUT2D eigenvalue weighted by molar-refractivity contribution is 0.568. The maximum atomic E-state index is 2.69. The van der Waals surface area contributed by atoms with Crippen molar-refractivity contribution >= 4 is 123 Å². The quantitative estimate of drug-likeness (QED) is 0.127. The third-order valence-electron chi connectivity index (χ3n) is 19.4. The number of para-hydroxylation sites is 6. The Bertz CT molecular complexity index is 4790. The first-order valence-electron chi connectivity index (χ1n) is 33.3. The Morgan fingerprint density at radius 2 is 0.660 bits per heavy atom. The van der Waals surface area contributed by atoms with Gasteiger partial charge in [-0.25, -0.2) is 0 Å². The van der Waals surface area contributed by atoms with E-state index < -0.39 is 0 Å². The topological polar surface area (TPSA) is 13.0 Å². The van der Waals surface area contributed by atoms with Gasteiger partial charge in [0.15, 0.2) is 0 Å². The summed E-state index contributed by atoms with van der Waals surface area (Å²) < 4.78 is 2.53. The minimum absolute atomic E-state index is 0.0925. The van der Waals surface area contributed by atoms with E-state index >= 15 is 0 Å². The Hall–Kier alpha value is -9.88. The fourth-order valence-corrected chi connectivity index (χ4v) is 15.6. The van der Waals surface area contributed by atoms with Gasteiger partial charge in [-0.15, -0.1) is 11.3 Å². The molecule has 0 fully saturated rings. The van der Waals surface area contributed by atoms with E-state index in [1.54, 1.807) is 0 Å². The Kier molecular flexibility index (Phi) is 14.8. The van der Waals surface area contributed by atoms with E-state index in [2.05, 4.69) is 376 Å². The molecule has 0 atom stereocenters. The first-order valence-corrected chi connectivity index (χ1v) is 34.2. The van der Waals surface area contributed by atoms with Crippen LogP contribution >= 0.6 is 11.3 Å². The number of rotatable bonds is 10. The lowest BCUT2D eigenvalue weighted by Gasteiger charge is -2.45. The van der Waals surface area contributed by atoms with Crippen molar-refractivity contribution in [2.75, 3.05) is 19.6 Å². The molecule has 15 rings (SSSR count). The second-order valence-electron chi connectivity index (χ2n) is 29.9. The van der Waals surface area contributed by atoms with Crippen LogP contribution in [0.15, 0.2) is 273 Å². The summed E-state index contributed by atoms with van der Waals surface area (Å²) in [5.41, 5.74) is 26.9. The second-order valence-corrected chi connectivity index (χ2v) is 30.9. The largest absolute Gasteiger partial charge is 0.311 e. The van der Waals surface area contributed by atoms with Crippen LogP contribution in [0.3, 0.4) is 0 Å². The van der Waals surface area contributed by atoms with E-state index in [-0.39, 0.29) is 28.4 Å². The van der Waals surface area contributed by atoms with Crippen LogP contribution in [0.2, 0.25) is 0 Å². The van der Waals surface area contributed by atoms with Gasteiger partial charge in [0.2, 0.25) is 0 Å². The zero-order chi connectivity index (χ0) is 65.0. The minimum Gasteiger partial charge on any atom is -0.311 e. The number of thiophene rings is 1. The maximum absolute atomic E-state index is 2.69. The average Bonchev–Trinajstić information content (AvgIpc) is 1.08. The summed E-state index contributed by atoms with van der Waals surface area (Å²) >= 11 is 1.92. The van der Waals surface area contributed by atoms with Crippen molar-refractivity contribution < 1.29 is 0 Å². The van der Waals surface area contributed by atoms with Crippen LogP contribution in [-0.2, 0) is 21.7 Å². The molecule has 12 aromatic carbocycles. The average molecular weight is 1240 g/mol. The molecule has 0 unspecified atom stereocenters. The van der Waals surface area contributed by atoms with Crippen LogP contribution in [-0.4, -0.2) is 6.71 Å². The molecule has 4 nitrogen and oxygen atoms in total. The first-order chi connectivity index (χ1) is 45.2. The van der Waals surface area contributed by atoms with Gasteiger partial charge in [0.25, 0.3) is 6.71 Å². The molecule has 13 aromatic rings. The van der Waals surface area contributed by atoms with Gasteiger partial charge in [0, 0.05) is 77.8 Å². The van der Waals surface area contributed by atoms with E-state index in [1.165, 1.54) is 92.4 Å². The Morgan fingerprint density at radius 3 is 1.07 bits per heavy atom. The van der Waals surface area contributed by atoms with Crippen LogP contribution in [0.1, 0.15) is 105 Å². The molecule has 0 bridgehead atoms. The molecule has 462 valence electrons. The van der Waals surface area contributed by atoms with Gasteiger partial charge in [-0.2, -0.15) is 0 Å². The molecule has 2 aliphatic rings. The summed E-state index contributed by atoms with van der Waals surface area (Å²) in [6.45, 7) is 27.9. The van der Waals surface area contributed by atoms with Gasteiger partial charge in [-0.3, -0.25) is 0 Å². The normalized spacial score (nSPS) is 13.0. The predicted molar refractivity (Wildman–Crippen MR) is 408 cm³/mol. The summed E-state index contributed by atoms with van der Waals surface area (Å²) in [4.78, 5) is 10.2. The van der Waals surface area contributed by atoms with Crippen molar-refractivity contribution in [2.24, 2.45) is 0 Å². The molecule has 3 heterocycles. The van der Waals surface area contributed by atoms with Crippen LogP contribution < -0.4 is 36.0 Å². The lowest BCUT2D eigenvalue weighted by atomic mass is 9.33. The van der Waals surface area contributed by atoms with Crippen molar-refractivity contribution in [3.05, 3.63) is 295 Å². The van der Waals surface area contributed by atoms with Crippen LogP contribution in [0.4, 0.5) is 68.2 Å². The number of hydrogen-bond acceptors (Lipinski definition) is 5. The van der Waals surface area contributed by atoms with Gasteiger partial charge >= 0.3 is 0 Å². The fraction of sp³-hybridized carbons (Fsp3) is 0.182. The van der Waals surface area contributed by atoms with E-state index in [1.807, 2.05) is 11.3 Å². The maximum Gasteiger partial charge on any atom is 0.252 e. The smallest absolute Gasteiger partial charge is 0.252 e. The summed E-state index contributed by atoms with van der Waals surface area (Å²) in [6, 6.07) is 103. The fourth-order valence-electron chi connectivity index (χ4n) is 14.3. The molecule has 0 amide bonds. The number of nitrogens with zero attached hydrogens (tertiary/aromatic N) is 4.